The van der Waals surface area contributed by atoms with Gasteiger partial charge in [0, 0.05) is 0 Å². The zero-order valence-corrected chi connectivity index (χ0v) is 40.3. The molecule has 7 fully saturated rings. The second kappa shape index (κ2) is 19.8. The van der Waals surface area contributed by atoms with Gasteiger partial charge in [0.2, 0.25) is 0 Å². The van der Waals surface area contributed by atoms with Gasteiger partial charge in [0.1, 0.15) is 73.2 Å². The van der Waals surface area contributed by atoms with E-state index in [4.69, 9.17) is 28.4 Å². The summed E-state index contributed by atoms with van der Waals surface area (Å²) in [6.45, 7) is 14.7. The number of allylic oxidation sites excluding steroid dienone is 2. The van der Waals surface area contributed by atoms with Crippen LogP contribution in [0.15, 0.2) is 11.6 Å². The summed E-state index contributed by atoms with van der Waals surface area (Å²) >= 11 is 0. The van der Waals surface area contributed by atoms with E-state index in [2.05, 4.69) is 26.8 Å². The van der Waals surface area contributed by atoms with Crippen molar-refractivity contribution >= 4 is 0 Å². The van der Waals surface area contributed by atoms with E-state index < -0.39 is 152 Å². The molecule has 3 aliphatic heterocycles. The van der Waals surface area contributed by atoms with Gasteiger partial charge in [-0.2, -0.15) is 0 Å². The van der Waals surface area contributed by atoms with Crippen molar-refractivity contribution < 1.29 is 94.8 Å². The number of hydrogen-bond donors (Lipinski definition) is 13. The minimum absolute atomic E-state index is 0.0733. The number of ether oxygens (including phenoxy) is 6. The summed E-state index contributed by atoms with van der Waals surface area (Å²) < 4.78 is 36.9. The Bertz CT molecular complexity index is 1710. The van der Waals surface area contributed by atoms with Crippen LogP contribution in [-0.4, -0.2) is 202 Å². The predicted molar refractivity (Wildman–Crippen MR) is 235 cm³/mol. The summed E-state index contributed by atoms with van der Waals surface area (Å²) in [6.07, 6.45) is -19.6. The van der Waals surface area contributed by atoms with E-state index in [9.17, 15) is 66.4 Å². The lowest BCUT2D eigenvalue weighted by molar-refractivity contribution is -0.383. The van der Waals surface area contributed by atoms with E-state index in [1.165, 1.54) is 0 Å². The fraction of sp³-hybridized carbons (Fsp3) is 0.958. The molecule has 19 nitrogen and oxygen atoms in total. The first-order valence-electron chi connectivity index (χ1n) is 24.5. The van der Waals surface area contributed by atoms with Crippen LogP contribution < -0.4 is 0 Å². The smallest absolute Gasteiger partial charge is 0.187 e. The molecule has 26 atom stereocenters. The van der Waals surface area contributed by atoms with Crippen molar-refractivity contribution in [2.45, 2.75) is 223 Å². The SMILES string of the molecule is CC(C)=CCC[C@](C)(O[C@@H]1O[C@H](CO)[C@@H](O)[C@H](O)[C@H]1O)[C@H]1CC[C@]2(C)C1[C@H](O)CC1[C@@]3(C)C[C@@H](O)[C@H](O[C@@H]4O[C@H](CO)[C@@H](O)[C@H](O)[C@H]4O[C@H]4O[C@H](CO)[C@@H](O)[C@H](O)[C@H]4O)C(C)(C)[C@@H]3CC[C@]12C. The van der Waals surface area contributed by atoms with Crippen molar-refractivity contribution in [1.82, 2.24) is 0 Å². The molecule has 7 aliphatic rings. The molecular formula is C48H82O19. The van der Waals surface area contributed by atoms with Gasteiger partial charge in [-0.3, -0.25) is 0 Å². The molecule has 3 heterocycles. The number of aliphatic hydroxyl groups excluding tert-OH is 13. The van der Waals surface area contributed by atoms with Crippen LogP contribution in [0.5, 0.6) is 0 Å². The van der Waals surface area contributed by atoms with Gasteiger partial charge >= 0.3 is 0 Å². The van der Waals surface area contributed by atoms with Crippen molar-refractivity contribution in [3.63, 3.8) is 0 Å². The first kappa shape index (κ1) is 53.8. The van der Waals surface area contributed by atoms with Gasteiger partial charge < -0.3 is 94.8 Å². The molecule has 0 amide bonds. The molecule has 3 saturated heterocycles. The van der Waals surface area contributed by atoms with Crippen LogP contribution in [0.1, 0.15) is 107 Å². The standard InChI is InChI=1S/C48H82O19/c1-21(2)10-9-13-48(8,67-42-38(61)35(58)32(55)26(19-50)63-42)22-11-14-47(7)30(22)23(52)16-29-45(5)17-24(53)40(44(3,4)28(45)12-15-46(29,47)6)66-43-39(36(59)33(56)27(20-51)64-43)65-41-37(60)34(57)31(54)25(18-49)62-41/h10,22-43,49-61H,9,11-20H2,1-8H3/t22-,23+,24+,25+,26+,27+,28-,29?,30?,31+,32+,33+,34-,35-,36-,37+,38+,39+,40-,41+,42-,43-,45-,46+,47+,48-/m0/s1. The predicted octanol–water partition coefficient (Wildman–Crippen LogP) is -1.06. The lowest BCUT2D eigenvalue weighted by atomic mass is 9.35. The van der Waals surface area contributed by atoms with Gasteiger partial charge in [-0.25, -0.2) is 0 Å². The Morgan fingerprint density at radius 2 is 1.13 bits per heavy atom. The molecular weight excluding hydrogens is 881 g/mol. The fourth-order valence-electron chi connectivity index (χ4n) is 15.0. The van der Waals surface area contributed by atoms with Crippen molar-refractivity contribution in [2.24, 2.45) is 45.3 Å². The zero-order chi connectivity index (χ0) is 49.5. The molecule has 4 saturated carbocycles. The van der Waals surface area contributed by atoms with Crippen LogP contribution >= 0.6 is 0 Å². The zero-order valence-electron chi connectivity index (χ0n) is 40.3. The molecule has 2 unspecified atom stereocenters. The molecule has 0 bridgehead atoms. The lowest BCUT2D eigenvalue weighted by Gasteiger charge is -2.71. The highest BCUT2D eigenvalue weighted by atomic mass is 16.8. The van der Waals surface area contributed by atoms with Gasteiger partial charge in [-0.15, -0.1) is 0 Å². The lowest BCUT2D eigenvalue weighted by Crippen LogP contribution is -2.70. The van der Waals surface area contributed by atoms with E-state index >= 15 is 0 Å². The van der Waals surface area contributed by atoms with Gasteiger partial charge in [-0.05, 0) is 117 Å². The number of rotatable bonds is 13. The van der Waals surface area contributed by atoms with Gasteiger partial charge in [0.15, 0.2) is 18.9 Å². The third-order valence-electron chi connectivity index (χ3n) is 18.7. The molecule has 13 N–H and O–H groups in total. The van der Waals surface area contributed by atoms with Gasteiger partial charge in [0.05, 0.1) is 43.7 Å². The van der Waals surface area contributed by atoms with Crippen molar-refractivity contribution in [2.75, 3.05) is 19.8 Å². The maximum absolute atomic E-state index is 12.7. The van der Waals surface area contributed by atoms with Crippen LogP contribution in [-0.2, 0) is 28.4 Å². The van der Waals surface area contributed by atoms with Gasteiger partial charge in [-0.1, -0.05) is 46.3 Å². The molecule has 0 spiro atoms. The van der Waals surface area contributed by atoms with Gasteiger partial charge in [0.25, 0.3) is 0 Å². The quantitative estimate of drug-likeness (QED) is 0.0773. The normalized spacial score (nSPS) is 52.9. The molecule has 67 heavy (non-hydrogen) atoms. The Labute approximate surface area is 393 Å². The Morgan fingerprint density at radius 3 is 1.70 bits per heavy atom. The van der Waals surface area contributed by atoms with Crippen molar-refractivity contribution in [1.29, 1.82) is 0 Å². The fourth-order valence-corrected chi connectivity index (χ4v) is 15.0. The van der Waals surface area contributed by atoms with E-state index in [1.54, 1.807) is 0 Å². The molecule has 0 aromatic rings. The summed E-state index contributed by atoms with van der Waals surface area (Å²) in [6, 6.07) is 0. The maximum atomic E-state index is 12.7. The maximum Gasteiger partial charge on any atom is 0.187 e. The highest BCUT2D eigenvalue weighted by Crippen LogP contribution is 2.76. The molecule has 0 radical (unpaired) electrons. The van der Waals surface area contributed by atoms with Crippen LogP contribution in [0.2, 0.25) is 0 Å². The van der Waals surface area contributed by atoms with Crippen molar-refractivity contribution in [3.05, 3.63) is 11.6 Å². The summed E-state index contributed by atoms with van der Waals surface area (Å²) in [5, 5.41) is 141. The Balaban J connectivity index is 1.15. The topological polar surface area (TPSA) is 318 Å². The average molecular weight is 963 g/mol. The Hall–Kier alpha value is -1.02. The van der Waals surface area contributed by atoms with Crippen LogP contribution in [0.4, 0.5) is 0 Å². The molecule has 4 aliphatic carbocycles. The first-order valence-corrected chi connectivity index (χ1v) is 24.5. The summed E-state index contributed by atoms with van der Waals surface area (Å²) in [5.41, 5.74) is -1.96. The first-order chi connectivity index (χ1) is 31.3. The Kier molecular flexibility index (Phi) is 15.9. The van der Waals surface area contributed by atoms with E-state index in [1.807, 2.05) is 34.6 Å². The Morgan fingerprint density at radius 1 is 0.612 bits per heavy atom. The second-order valence-electron chi connectivity index (χ2n) is 23.1. The molecule has 0 aromatic heterocycles. The molecule has 19 heteroatoms. The molecule has 0 aromatic carbocycles. The number of aliphatic hydroxyl groups is 13. The minimum Gasteiger partial charge on any atom is -0.394 e. The van der Waals surface area contributed by atoms with Crippen LogP contribution in [0.25, 0.3) is 0 Å². The van der Waals surface area contributed by atoms with E-state index in [0.29, 0.717) is 25.7 Å². The third-order valence-corrected chi connectivity index (χ3v) is 18.7. The van der Waals surface area contributed by atoms with E-state index in [0.717, 1.165) is 24.8 Å². The largest absolute Gasteiger partial charge is 0.394 e. The van der Waals surface area contributed by atoms with Crippen LogP contribution in [0, 0.1) is 45.3 Å². The third kappa shape index (κ3) is 9.03. The van der Waals surface area contributed by atoms with Crippen LogP contribution in [0.3, 0.4) is 0 Å². The monoisotopic (exact) mass is 963 g/mol. The average Bonchev–Trinajstić information content (AvgIpc) is 3.65. The second-order valence-corrected chi connectivity index (χ2v) is 23.1. The van der Waals surface area contributed by atoms with Crippen molar-refractivity contribution in [3.8, 4) is 0 Å². The molecule has 7 rings (SSSR count). The summed E-state index contributed by atoms with van der Waals surface area (Å²) in [7, 11) is 0. The minimum atomic E-state index is -1.85. The summed E-state index contributed by atoms with van der Waals surface area (Å²) in [4.78, 5) is 0. The summed E-state index contributed by atoms with van der Waals surface area (Å²) in [5.74, 6) is -0.628. The number of hydrogen-bond acceptors (Lipinski definition) is 19. The molecule has 388 valence electrons. The highest BCUT2D eigenvalue weighted by molar-refractivity contribution is 5.21. The van der Waals surface area contributed by atoms with E-state index in [-0.39, 0.29) is 35.5 Å². The highest BCUT2D eigenvalue weighted by Gasteiger charge is 2.73. The number of fused-ring (bicyclic) bond motifs is 5.